The minimum atomic E-state index is -0.461. The van der Waals surface area contributed by atoms with Crippen LogP contribution in [0.1, 0.15) is 15.9 Å². The van der Waals surface area contributed by atoms with Crippen LogP contribution in [0.4, 0.5) is 11.4 Å². The zero-order valence-corrected chi connectivity index (χ0v) is 13.2. The summed E-state index contributed by atoms with van der Waals surface area (Å²) in [6, 6.07) is 9.23. The van der Waals surface area contributed by atoms with Crippen LogP contribution < -0.4 is 5.32 Å². The Labute approximate surface area is 134 Å². The molecule has 0 atom stereocenters. The van der Waals surface area contributed by atoms with E-state index < -0.39 is 4.92 Å². The highest BCUT2D eigenvalue weighted by Crippen LogP contribution is 2.25. The lowest BCUT2D eigenvalue weighted by Gasteiger charge is -2.07. The van der Waals surface area contributed by atoms with Gasteiger partial charge in [-0.1, -0.05) is 11.6 Å². The predicted octanol–water partition coefficient (Wildman–Crippen LogP) is 4.57. The molecule has 108 valence electrons. The van der Waals surface area contributed by atoms with Gasteiger partial charge in [0.25, 0.3) is 11.6 Å². The molecule has 5 nitrogen and oxygen atoms in total. The maximum atomic E-state index is 12.1. The molecule has 0 spiro atoms. The van der Waals surface area contributed by atoms with Crippen LogP contribution >= 0.6 is 27.5 Å². The van der Waals surface area contributed by atoms with E-state index in [1.165, 1.54) is 12.1 Å². The van der Waals surface area contributed by atoms with Crippen molar-refractivity contribution < 1.29 is 9.72 Å². The Kier molecular flexibility index (Phi) is 4.59. The molecule has 0 aliphatic carbocycles. The summed E-state index contributed by atoms with van der Waals surface area (Å²) in [6.45, 7) is 1.62. The van der Waals surface area contributed by atoms with E-state index in [4.69, 9.17) is 11.6 Å². The van der Waals surface area contributed by atoms with Crippen molar-refractivity contribution in [1.82, 2.24) is 0 Å². The molecule has 0 radical (unpaired) electrons. The third kappa shape index (κ3) is 3.59. The number of halogens is 2. The van der Waals surface area contributed by atoms with E-state index in [1.54, 1.807) is 31.2 Å². The summed E-state index contributed by atoms with van der Waals surface area (Å²) in [4.78, 5) is 22.4. The monoisotopic (exact) mass is 368 g/mol. The molecule has 0 unspecified atom stereocenters. The van der Waals surface area contributed by atoms with Gasteiger partial charge in [-0.25, -0.2) is 0 Å². The van der Waals surface area contributed by atoms with E-state index in [2.05, 4.69) is 21.2 Å². The van der Waals surface area contributed by atoms with Crippen LogP contribution in [0.15, 0.2) is 40.9 Å². The smallest absolute Gasteiger partial charge is 0.272 e. The number of nitro benzene ring substituents is 1. The lowest BCUT2D eigenvalue weighted by Crippen LogP contribution is -2.12. The van der Waals surface area contributed by atoms with Gasteiger partial charge in [0.15, 0.2) is 0 Å². The summed E-state index contributed by atoms with van der Waals surface area (Å²) in [5.74, 6) is -0.319. The zero-order valence-electron chi connectivity index (χ0n) is 10.9. The first-order valence-corrected chi connectivity index (χ1v) is 7.07. The van der Waals surface area contributed by atoms with Crippen molar-refractivity contribution in [1.29, 1.82) is 0 Å². The lowest BCUT2D eigenvalue weighted by atomic mass is 10.1. The number of aryl methyl sites for hydroxylation is 1. The second-order valence-corrected chi connectivity index (χ2v) is 5.60. The number of hydrogen-bond acceptors (Lipinski definition) is 3. The van der Waals surface area contributed by atoms with E-state index in [9.17, 15) is 14.9 Å². The Morgan fingerprint density at radius 1 is 1.29 bits per heavy atom. The summed E-state index contributed by atoms with van der Waals surface area (Å²) in [5, 5.41) is 13.9. The Bertz CT molecular complexity index is 734. The van der Waals surface area contributed by atoms with Crippen LogP contribution in [-0.2, 0) is 0 Å². The van der Waals surface area contributed by atoms with Crippen LogP contribution in [0, 0.1) is 17.0 Å². The summed E-state index contributed by atoms with van der Waals surface area (Å²) in [5.41, 5.74) is 1.42. The molecule has 0 saturated carbocycles. The van der Waals surface area contributed by atoms with E-state index in [0.717, 1.165) is 0 Å². The van der Waals surface area contributed by atoms with Crippen LogP contribution in [0.3, 0.4) is 0 Å². The molecule has 7 heteroatoms. The Morgan fingerprint density at radius 2 is 2.00 bits per heavy atom. The van der Waals surface area contributed by atoms with Crippen molar-refractivity contribution in [3.63, 3.8) is 0 Å². The summed E-state index contributed by atoms with van der Waals surface area (Å²) in [7, 11) is 0. The number of hydrogen-bond donors (Lipinski definition) is 1. The Hall–Kier alpha value is -1.92. The number of rotatable bonds is 3. The summed E-state index contributed by atoms with van der Waals surface area (Å²) < 4.78 is 0.622. The molecule has 0 aromatic heterocycles. The molecule has 0 fully saturated rings. The van der Waals surface area contributed by atoms with E-state index in [-0.39, 0.29) is 11.6 Å². The Morgan fingerprint density at radius 3 is 2.57 bits per heavy atom. The van der Waals surface area contributed by atoms with Crippen molar-refractivity contribution in [3.05, 3.63) is 67.1 Å². The third-order valence-electron chi connectivity index (χ3n) is 2.83. The quantitative estimate of drug-likeness (QED) is 0.636. The van der Waals surface area contributed by atoms with Crippen LogP contribution in [0.2, 0.25) is 5.02 Å². The molecule has 2 aromatic rings. The normalized spacial score (nSPS) is 10.2. The predicted molar refractivity (Wildman–Crippen MR) is 84.9 cm³/mol. The molecule has 1 amide bonds. The van der Waals surface area contributed by atoms with E-state index in [0.29, 0.717) is 26.3 Å². The second-order valence-electron chi connectivity index (χ2n) is 4.34. The van der Waals surface area contributed by atoms with Crippen LogP contribution in [0.5, 0.6) is 0 Å². The van der Waals surface area contributed by atoms with Crippen molar-refractivity contribution >= 4 is 44.8 Å². The van der Waals surface area contributed by atoms with Gasteiger partial charge in [0, 0.05) is 27.4 Å². The largest absolute Gasteiger partial charge is 0.322 e. The number of nitro groups is 1. The minimum Gasteiger partial charge on any atom is -0.322 e. The molecule has 21 heavy (non-hydrogen) atoms. The van der Waals surface area contributed by atoms with Gasteiger partial charge in [0.2, 0.25) is 0 Å². The fourth-order valence-corrected chi connectivity index (χ4v) is 2.28. The zero-order chi connectivity index (χ0) is 15.6. The first-order chi connectivity index (χ1) is 9.88. The number of nitrogens with one attached hydrogen (secondary N) is 1. The minimum absolute atomic E-state index is 0.0160. The fourth-order valence-electron chi connectivity index (χ4n) is 1.78. The SMILES string of the molecule is Cc1cc(NC(=O)c2ccc(Cl)c(Br)c2)ccc1[N+](=O)[O-]. The van der Waals surface area contributed by atoms with E-state index in [1.807, 2.05) is 0 Å². The fraction of sp³-hybridized carbons (Fsp3) is 0.0714. The van der Waals surface area contributed by atoms with Crippen molar-refractivity contribution in [3.8, 4) is 0 Å². The molecule has 0 aliphatic rings. The molecule has 2 aromatic carbocycles. The van der Waals surface area contributed by atoms with Gasteiger partial charge in [0.1, 0.15) is 0 Å². The molecular formula is C14H10BrClN2O3. The number of carbonyl (C=O) groups excluding carboxylic acids is 1. The maximum absolute atomic E-state index is 12.1. The summed E-state index contributed by atoms with van der Waals surface area (Å²) in [6.07, 6.45) is 0. The lowest BCUT2D eigenvalue weighted by molar-refractivity contribution is -0.385. The second kappa shape index (κ2) is 6.24. The third-order valence-corrected chi connectivity index (χ3v) is 4.05. The van der Waals surface area contributed by atoms with Gasteiger partial charge in [-0.2, -0.15) is 0 Å². The molecule has 0 bridgehead atoms. The average molecular weight is 370 g/mol. The molecule has 0 aliphatic heterocycles. The molecular weight excluding hydrogens is 360 g/mol. The molecule has 1 N–H and O–H groups in total. The van der Waals surface area contributed by atoms with Gasteiger partial charge in [-0.05, 0) is 53.2 Å². The number of carbonyl (C=O) groups is 1. The topological polar surface area (TPSA) is 72.2 Å². The number of benzene rings is 2. The average Bonchev–Trinajstić information content (AvgIpc) is 2.41. The van der Waals surface area contributed by atoms with Gasteiger partial charge in [0.05, 0.1) is 9.95 Å². The highest BCUT2D eigenvalue weighted by atomic mass is 79.9. The highest BCUT2D eigenvalue weighted by molar-refractivity contribution is 9.10. The highest BCUT2D eigenvalue weighted by Gasteiger charge is 2.12. The van der Waals surface area contributed by atoms with Crippen molar-refractivity contribution in [2.45, 2.75) is 6.92 Å². The molecule has 0 heterocycles. The van der Waals surface area contributed by atoms with Crippen molar-refractivity contribution in [2.75, 3.05) is 5.32 Å². The number of amides is 1. The van der Waals surface area contributed by atoms with Crippen LogP contribution in [0.25, 0.3) is 0 Å². The number of nitrogens with zero attached hydrogens (tertiary/aromatic N) is 1. The van der Waals surface area contributed by atoms with Gasteiger partial charge in [-0.3, -0.25) is 14.9 Å². The summed E-state index contributed by atoms with van der Waals surface area (Å²) >= 11 is 9.12. The van der Waals surface area contributed by atoms with Gasteiger partial charge < -0.3 is 5.32 Å². The molecule has 2 rings (SSSR count). The van der Waals surface area contributed by atoms with Gasteiger partial charge >= 0.3 is 0 Å². The molecule has 0 saturated heterocycles. The standard InChI is InChI=1S/C14H10BrClN2O3/c1-8-6-10(3-5-13(8)18(20)21)17-14(19)9-2-4-12(16)11(15)7-9/h2-7H,1H3,(H,17,19). The van der Waals surface area contributed by atoms with E-state index >= 15 is 0 Å². The number of anilines is 1. The van der Waals surface area contributed by atoms with Gasteiger partial charge in [-0.15, -0.1) is 0 Å². The van der Waals surface area contributed by atoms with Crippen LogP contribution in [-0.4, -0.2) is 10.8 Å². The van der Waals surface area contributed by atoms with Crippen molar-refractivity contribution in [2.24, 2.45) is 0 Å². The first-order valence-electron chi connectivity index (χ1n) is 5.90. The first kappa shape index (κ1) is 15.5. The maximum Gasteiger partial charge on any atom is 0.272 e. The Balaban J connectivity index is 2.21.